The summed E-state index contributed by atoms with van der Waals surface area (Å²) in [6, 6.07) is 3.98. The second kappa shape index (κ2) is 4.59. The van der Waals surface area contributed by atoms with Crippen molar-refractivity contribution < 1.29 is 4.42 Å². The van der Waals surface area contributed by atoms with E-state index in [-0.39, 0.29) is 0 Å². The standard InChI is InChI=1S/C11H13N3O/c1-2-10-3-4-11(15-10)7-14-9-5-12-8-13-6-9/h3-6,8,14H,2,7H2,1H3. The van der Waals surface area contributed by atoms with Crippen molar-refractivity contribution in [3.63, 3.8) is 0 Å². The highest BCUT2D eigenvalue weighted by Gasteiger charge is 1.99. The van der Waals surface area contributed by atoms with Crippen LogP contribution in [-0.4, -0.2) is 9.97 Å². The van der Waals surface area contributed by atoms with Crippen molar-refractivity contribution in [3.8, 4) is 0 Å². The van der Waals surface area contributed by atoms with Gasteiger partial charge in [-0.3, -0.25) is 0 Å². The molecule has 0 aliphatic carbocycles. The molecule has 15 heavy (non-hydrogen) atoms. The zero-order valence-corrected chi connectivity index (χ0v) is 8.60. The number of hydrogen-bond donors (Lipinski definition) is 1. The lowest BCUT2D eigenvalue weighted by atomic mass is 10.3. The Bertz CT molecular complexity index is 411. The molecule has 0 saturated heterocycles. The van der Waals surface area contributed by atoms with Crippen molar-refractivity contribution in [2.75, 3.05) is 5.32 Å². The molecule has 0 aliphatic rings. The maximum atomic E-state index is 5.55. The quantitative estimate of drug-likeness (QED) is 0.828. The van der Waals surface area contributed by atoms with E-state index < -0.39 is 0 Å². The molecule has 0 aromatic carbocycles. The van der Waals surface area contributed by atoms with Gasteiger partial charge in [0, 0.05) is 6.42 Å². The normalized spacial score (nSPS) is 10.2. The summed E-state index contributed by atoms with van der Waals surface area (Å²) < 4.78 is 5.55. The van der Waals surface area contributed by atoms with Crippen molar-refractivity contribution in [1.29, 1.82) is 0 Å². The van der Waals surface area contributed by atoms with Crippen LogP contribution < -0.4 is 5.32 Å². The molecular formula is C11H13N3O. The van der Waals surface area contributed by atoms with E-state index in [2.05, 4.69) is 22.2 Å². The molecule has 0 amide bonds. The number of hydrogen-bond acceptors (Lipinski definition) is 4. The van der Waals surface area contributed by atoms with E-state index in [4.69, 9.17) is 4.42 Å². The summed E-state index contributed by atoms with van der Waals surface area (Å²) in [4.78, 5) is 7.83. The lowest BCUT2D eigenvalue weighted by molar-refractivity contribution is 0.476. The molecule has 0 saturated carbocycles. The van der Waals surface area contributed by atoms with Gasteiger partial charge in [0.2, 0.25) is 0 Å². The number of nitrogens with one attached hydrogen (secondary N) is 1. The van der Waals surface area contributed by atoms with Gasteiger partial charge in [0.15, 0.2) is 0 Å². The number of nitrogens with zero attached hydrogens (tertiary/aromatic N) is 2. The summed E-state index contributed by atoms with van der Waals surface area (Å²) in [5, 5.41) is 3.18. The molecule has 0 atom stereocenters. The minimum Gasteiger partial charge on any atom is -0.464 e. The molecule has 0 aliphatic heterocycles. The highest BCUT2D eigenvalue weighted by molar-refractivity contribution is 5.37. The molecule has 0 fully saturated rings. The summed E-state index contributed by atoms with van der Waals surface area (Å²) in [5.41, 5.74) is 0.895. The van der Waals surface area contributed by atoms with E-state index >= 15 is 0 Å². The van der Waals surface area contributed by atoms with E-state index in [0.29, 0.717) is 6.54 Å². The van der Waals surface area contributed by atoms with Gasteiger partial charge in [-0.05, 0) is 12.1 Å². The molecule has 0 spiro atoms. The molecule has 0 bridgehead atoms. The third-order valence-electron chi connectivity index (χ3n) is 2.09. The summed E-state index contributed by atoms with van der Waals surface area (Å²) in [5.74, 6) is 1.94. The Morgan fingerprint density at radius 1 is 1.20 bits per heavy atom. The largest absolute Gasteiger partial charge is 0.464 e. The fourth-order valence-corrected chi connectivity index (χ4v) is 1.29. The Morgan fingerprint density at radius 2 is 1.93 bits per heavy atom. The van der Waals surface area contributed by atoms with Crippen LogP contribution in [0.2, 0.25) is 0 Å². The first kappa shape index (κ1) is 9.71. The number of rotatable bonds is 4. The Kier molecular flexibility index (Phi) is 2.97. The second-order valence-corrected chi connectivity index (χ2v) is 3.20. The maximum absolute atomic E-state index is 5.55. The van der Waals surface area contributed by atoms with Crippen LogP contribution in [0.1, 0.15) is 18.4 Å². The van der Waals surface area contributed by atoms with Crippen LogP contribution >= 0.6 is 0 Å². The first-order chi connectivity index (χ1) is 7.38. The predicted molar refractivity (Wildman–Crippen MR) is 57.4 cm³/mol. The highest BCUT2D eigenvalue weighted by atomic mass is 16.3. The van der Waals surface area contributed by atoms with Gasteiger partial charge in [0.1, 0.15) is 17.8 Å². The van der Waals surface area contributed by atoms with Crippen molar-refractivity contribution in [2.24, 2.45) is 0 Å². The van der Waals surface area contributed by atoms with Gasteiger partial charge >= 0.3 is 0 Å². The predicted octanol–water partition coefficient (Wildman–Crippen LogP) is 2.24. The topological polar surface area (TPSA) is 51.0 Å². The van der Waals surface area contributed by atoms with Crippen molar-refractivity contribution >= 4 is 5.69 Å². The maximum Gasteiger partial charge on any atom is 0.123 e. The Balaban J connectivity index is 1.93. The number of anilines is 1. The fourth-order valence-electron chi connectivity index (χ4n) is 1.29. The van der Waals surface area contributed by atoms with Gasteiger partial charge in [-0.15, -0.1) is 0 Å². The minimum absolute atomic E-state index is 0.660. The van der Waals surface area contributed by atoms with Crippen LogP contribution in [-0.2, 0) is 13.0 Å². The van der Waals surface area contributed by atoms with Gasteiger partial charge < -0.3 is 9.73 Å². The molecule has 0 unspecified atom stereocenters. The van der Waals surface area contributed by atoms with Gasteiger partial charge in [-0.2, -0.15) is 0 Å². The second-order valence-electron chi connectivity index (χ2n) is 3.20. The third-order valence-corrected chi connectivity index (χ3v) is 2.09. The molecule has 1 N–H and O–H groups in total. The van der Waals surface area contributed by atoms with E-state index in [1.165, 1.54) is 6.33 Å². The molecular weight excluding hydrogens is 190 g/mol. The molecule has 2 aromatic rings. The molecule has 2 aromatic heterocycles. The van der Waals surface area contributed by atoms with Crippen molar-refractivity contribution in [2.45, 2.75) is 19.9 Å². The molecule has 4 nitrogen and oxygen atoms in total. The Hall–Kier alpha value is -1.84. The number of furan rings is 1. The lowest BCUT2D eigenvalue weighted by Gasteiger charge is -2.01. The van der Waals surface area contributed by atoms with E-state index in [1.54, 1.807) is 12.4 Å². The molecule has 4 heteroatoms. The van der Waals surface area contributed by atoms with E-state index in [0.717, 1.165) is 23.6 Å². The van der Waals surface area contributed by atoms with Crippen LogP contribution in [0.15, 0.2) is 35.3 Å². The number of aromatic nitrogens is 2. The van der Waals surface area contributed by atoms with Crippen LogP contribution in [0.5, 0.6) is 0 Å². The zero-order valence-electron chi connectivity index (χ0n) is 8.60. The van der Waals surface area contributed by atoms with Crippen molar-refractivity contribution in [1.82, 2.24) is 9.97 Å². The Morgan fingerprint density at radius 3 is 2.60 bits per heavy atom. The SMILES string of the molecule is CCc1ccc(CNc2cncnc2)o1. The van der Waals surface area contributed by atoms with E-state index in [9.17, 15) is 0 Å². The van der Waals surface area contributed by atoms with Crippen LogP contribution in [0, 0.1) is 0 Å². The van der Waals surface area contributed by atoms with Gasteiger partial charge in [0.05, 0.1) is 24.6 Å². The Labute approximate surface area is 88.4 Å². The van der Waals surface area contributed by atoms with Crippen LogP contribution in [0.3, 0.4) is 0 Å². The molecule has 78 valence electrons. The summed E-state index contributed by atoms with van der Waals surface area (Å²) in [6.07, 6.45) is 5.90. The molecule has 2 heterocycles. The van der Waals surface area contributed by atoms with Crippen molar-refractivity contribution in [3.05, 3.63) is 42.4 Å². The van der Waals surface area contributed by atoms with Gasteiger partial charge in [-0.1, -0.05) is 6.92 Å². The molecule has 2 rings (SSSR count). The van der Waals surface area contributed by atoms with Gasteiger partial charge in [0.25, 0.3) is 0 Å². The third kappa shape index (κ3) is 2.56. The van der Waals surface area contributed by atoms with Gasteiger partial charge in [-0.25, -0.2) is 9.97 Å². The fraction of sp³-hybridized carbons (Fsp3) is 0.273. The first-order valence-electron chi connectivity index (χ1n) is 4.95. The molecule has 0 radical (unpaired) electrons. The average Bonchev–Trinajstić information content (AvgIpc) is 2.76. The lowest BCUT2D eigenvalue weighted by Crippen LogP contribution is -1.98. The highest BCUT2D eigenvalue weighted by Crippen LogP contribution is 2.10. The summed E-state index contributed by atoms with van der Waals surface area (Å²) in [7, 11) is 0. The average molecular weight is 203 g/mol. The summed E-state index contributed by atoms with van der Waals surface area (Å²) >= 11 is 0. The van der Waals surface area contributed by atoms with E-state index in [1.807, 2.05) is 12.1 Å². The minimum atomic E-state index is 0.660. The summed E-state index contributed by atoms with van der Waals surface area (Å²) in [6.45, 7) is 2.73. The monoisotopic (exact) mass is 203 g/mol. The first-order valence-corrected chi connectivity index (χ1v) is 4.95. The zero-order chi connectivity index (χ0) is 10.5. The van der Waals surface area contributed by atoms with Crippen LogP contribution in [0.25, 0.3) is 0 Å². The number of aryl methyl sites for hydroxylation is 1. The van der Waals surface area contributed by atoms with Crippen LogP contribution in [0.4, 0.5) is 5.69 Å². The smallest absolute Gasteiger partial charge is 0.123 e.